The van der Waals surface area contributed by atoms with Gasteiger partial charge in [-0.15, -0.1) is 0 Å². The van der Waals surface area contributed by atoms with E-state index in [0.29, 0.717) is 0 Å². The fourth-order valence-electron chi connectivity index (χ4n) is 2.46. The fraction of sp³-hybridized carbons (Fsp3) is 0.438. The number of hydrogen-bond acceptors (Lipinski definition) is 6. The van der Waals surface area contributed by atoms with Gasteiger partial charge in [-0.2, -0.15) is 0 Å². The number of halogens is 1. The van der Waals surface area contributed by atoms with Crippen molar-refractivity contribution in [2.45, 2.75) is 38.4 Å². The molecule has 1 fully saturated rings. The van der Waals surface area contributed by atoms with Gasteiger partial charge in [0.05, 0.1) is 6.61 Å². The van der Waals surface area contributed by atoms with Crippen LogP contribution in [0.15, 0.2) is 40.3 Å². The van der Waals surface area contributed by atoms with Crippen LogP contribution in [0.3, 0.4) is 0 Å². The average molecular weight is 385 g/mol. The van der Waals surface area contributed by atoms with Crippen molar-refractivity contribution in [3.63, 3.8) is 0 Å². The van der Waals surface area contributed by atoms with Crippen molar-refractivity contribution in [3.05, 3.63) is 45.8 Å². The summed E-state index contributed by atoms with van der Waals surface area (Å²) in [5, 5.41) is 9.92. The Labute approximate surface area is 142 Å². The van der Waals surface area contributed by atoms with Crippen LogP contribution >= 0.6 is 15.9 Å². The number of carbonyl (C=O) groups excluding carboxylic acids is 1. The van der Waals surface area contributed by atoms with Crippen LogP contribution in [-0.4, -0.2) is 35.7 Å². The molecule has 6 nitrogen and oxygen atoms in total. The number of carbonyl (C=O) groups is 1. The average Bonchev–Trinajstić information content (AvgIpc) is 3.00. The lowest BCUT2D eigenvalue weighted by molar-refractivity contribution is -0.163. The summed E-state index contributed by atoms with van der Waals surface area (Å²) in [5.74, 6) is -2.00. The zero-order valence-corrected chi connectivity index (χ0v) is 14.3. The van der Waals surface area contributed by atoms with Crippen LogP contribution in [0.2, 0.25) is 0 Å². The summed E-state index contributed by atoms with van der Waals surface area (Å²) >= 11 is 3.36. The van der Waals surface area contributed by atoms with E-state index in [0.717, 1.165) is 10.0 Å². The summed E-state index contributed by atoms with van der Waals surface area (Å²) in [5.41, 5.74) is 0.899. The molecule has 2 aliphatic heterocycles. The highest BCUT2D eigenvalue weighted by Gasteiger charge is 2.47. The molecule has 1 aromatic rings. The standard InChI is InChI=1S/C16H17BrO6/c1-16(2)21-8-11(23-16)13-14(12(18)15(19)22-13)20-7-9-3-5-10(17)6-4-9/h3-6,11,13,18H,7-8H2,1-2H3/t11-,13+/m0/s1. The number of rotatable bonds is 4. The SMILES string of the molecule is CC1(C)OC[C@@H]([C@H]2OC(=O)C(O)=C2OCc2ccc(Br)cc2)O1. The highest BCUT2D eigenvalue weighted by Crippen LogP contribution is 2.33. The largest absolute Gasteiger partial charge is 0.499 e. The topological polar surface area (TPSA) is 74.2 Å². The number of cyclic esters (lactones) is 1. The minimum absolute atomic E-state index is 0.0872. The van der Waals surface area contributed by atoms with E-state index in [9.17, 15) is 9.90 Å². The highest BCUT2D eigenvalue weighted by molar-refractivity contribution is 9.10. The summed E-state index contributed by atoms with van der Waals surface area (Å²) in [6, 6.07) is 7.54. The van der Waals surface area contributed by atoms with Gasteiger partial charge in [0.25, 0.3) is 0 Å². The van der Waals surface area contributed by atoms with Gasteiger partial charge >= 0.3 is 5.97 Å². The first kappa shape index (κ1) is 16.3. The van der Waals surface area contributed by atoms with Gasteiger partial charge in [0.1, 0.15) is 12.7 Å². The Balaban J connectivity index is 1.72. The third kappa shape index (κ3) is 3.52. The lowest BCUT2D eigenvalue weighted by atomic mass is 10.1. The molecule has 0 bridgehead atoms. The Kier molecular flexibility index (Phi) is 4.35. The summed E-state index contributed by atoms with van der Waals surface area (Å²) in [6.45, 7) is 4.01. The summed E-state index contributed by atoms with van der Waals surface area (Å²) < 4.78 is 22.9. The van der Waals surface area contributed by atoms with E-state index < -0.39 is 29.7 Å². The zero-order chi connectivity index (χ0) is 16.6. The molecule has 2 aliphatic rings. The number of aliphatic hydroxyl groups excluding tert-OH is 1. The van der Waals surface area contributed by atoms with Crippen LogP contribution in [-0.2, 0) is 30.3 Å². The molecule has 7 heteroatoms. The maximum atomic E-state index is 11.7. The number of benzene rings is 1. The second-order valence-corrected chi connectivity index (χ2v) is 6.74. The molecule has 1 aromatic carbocycles. The molecule has 0 unspecified atom stereocenters. The lowest BCUT2D eigenvalue weighted by Gasteiger charge is -2.21. The molecule has 1 saturated heterocycles. The lowest BCUT2D eigenvalue weighted by Crippen LogP contribution is -2.33. The van der Waals surface area contributed by atoms with E-state index in [2.05, 4.69) is 15.9 Å². The maximum Gasteiger partial charge on any atom is 0.378 e. The van der Waals surface area contributed by atoms with E-state index in [1.807, 2.05) is 24.3 Å². The van der Waals surface area contributed by atoms with Crippen molar-refractivity contribution in [1.82, 2.24) is 0 Å². The number of hydrogen-bond donors (Lipinski definition) is 1. The van der Waals surface area contributed by atoms with E-state index in [1.165, 1.54) is 0 Å². The van der Waals surface area contributed by atoms with Crippen molar-refractivity contribution in [1.29, 1.82) is 0 Å². The molecule has 124 valence electrons. The summed E-state index contributed by atoms with van der Waals surface area (Å²) in [4.78, 5) is 11.7. The predicted octanol–water partition coefficient (Wildman–Crippen LogP) is 2.81. The first-order chi connectivity index (χ1) is 10.9. The Morgan fingerprint density at radius 3 is 2.65 bits per heavy atom. The first-order valence-corrected chi connectivity index (χ1v) is 7.98. The van der Waals surface area contributed by atoms with Gasteiger partial charge in [0, 0.05) is 4.47 Å². The third-order valence-electron chi connectivity index (χ3n) is 3.59. The normalized spacial score (nSPS) is 26.5. The third-order valence-corrected chi connectivity index (χ3v) is 4.12. The number of esters is 1. The van der Waals surface area contributed by atoms with Crippen LogP contribution in [0, 0.1) is 0 Å². The molecule has 1 N–H and O–H groups in total. The summed E-state index contributed by atoms with van der Waals surface area (Å²) in [7, 11) is 0. The summed E-state index contributed by atoms with van der Waals surface area (Å²) in [6.07, 6.45) is -1.32. The van der Waals surface area contributed by atoms with Crippen LogP contribution in [0.4, 0.5) is 0 Å². The molecule has 0 radical (unpaired) electrons. The zero-order valence-electron chi connectivity index (χ0n) is 12.7. The van der Waals surface area contributed by atoms with Crippen molar-refractivity contribution < 1.29 is 28.8 Å². The van der Waals surface area contributed by atoms with Gasteiger partial charge in [0.15, 0.2) is 17.7 Å². The maximum absolute atomic E-state index is 11.7. The molecule has 0 aromatic heterocycles. The van der Waals surface area contributed by atoms with Crippen molar-refractivity contribution in [3.8, 4) is 0 Å². The Bertz CT molecular complexity index is 636. The van der Waals surface area contributed by atoms with Gasteiger partial charge < -0.3 is 24.1 Å². The van der Waals surface area contributed by atoms with Crippen LogP contribution in [0.25, 0.3) is 0 Å². The van der Waals surface area contributed by atoms with Gasteiger partial charge in [-0.25, -0.2) is 4.79 Å². The monoisotopic (exact) mass is 384 g/mol. The van der Waals surface area contributed by atoms with Crippen molar-refractivity contribution >= 4 is 21.9 Å². The highest BCUT2D eigenvalue weighted by atomic mass is 79.9. The van der Waals surface area contributed by atoms with Gasteiger partial charge in [-0.1, -0.05) is 28.1 Å². The van der Waals surface area contributed by atoms with E-state index in [-0.39, 0.29) is 19.0 Å². The molecule has 23 heavy (non-hydrogen) atoms. The molecule has 2 heterocycles. The van der Waals surface area contributed by atoms with Crippen LogP contribution < -0.4 is 0 Å². The van der Waals surface area contributed by atoms with Crippen LogP contribution in [0.1, 0.15) is 19.4 Å². The minimum atomic E-state index is -0.811. The van der Waals surface area contributed by atoms with Crippen molar-refractivity contribution in [2.24, 2.45) is 0 Å². The minimum Gasteiger partial charge on any atom is -0.499 e. The molecule has 0 aliphatic carbocycles. The second kappa shape index (κ2) is 6.14. The molecule has 0 amide bonds. The van der Waals surface area contributed by atoms with E-state index in [4.69, 9.17) is 18.9 Å². The Hall–Kier alpha value is -1.57. The molecule has 3 rings (SSSR count). The van der Waals surface area contributed by atoms with Gasteiger partial charge in [-0.3, -0.25) is 0 Å². The number of aliphatic hydroxyl groups is 1. The Morgan fingerprint density at radius 2 is 2.04 bits per heavy atom. The van der Waals surface area contributed by atoms with E-state index in [1.54, 1.807) is 13.8 Å². The molecule has 2 atom stereocenters. The fourth-order valence-corrected chi connectivity index (χ4v) is 2.73. The van der Waals surface area contributed by atoms with Gasteiger partial charge in [-0.05, 0) is 31.5 Å². The predicted molar refractivity (Wildman–Crippen MR) is 83.4 cm³/mol. The quantitative estimate of drug-likeness (QED) is 0.804. The molecular weight excluding hydrogens is 368 g/mol. The molecular formula is C16H17BrO6. The molecule has 0 saturated carbocycles. The second-order valence-electron chi connectivity index (χ2n) is 5.82. The first-order valence-electron chi connectivity index (χ1n) is 7.19. The van der Waals surface area contributed by atoms with Gasteiger partial charge in [0.2, 0.25) is 5.76 Å². The van der Waals surface area contributed by atoms with Crippen LogP contribution in [0.5, 0.6) is 0 Å². The van der Waals surface area contributed by atoms with Crippen molar-refractivity contribution in [2.75, 3.05) is 6.61 Å². The molecule has 0 spiro atoms. The number of ether oxygens (including phenoxy) is 4. The Morgan fingerprint density at radius 1 is 1.35 bits per heavy atom. The smallest absolute Gasteiger partial charge is 0.378 e. The van der Waals surface area contributed by atoms with E-state index >= 15 is 0 Å².